The molecule has 0 spiro atoms. The summed E-state index contributed by atoms with van der Waals surface area (Å²) >= 11 is 0. The van der Waals surface area contributed by atoms with E-state index in [0.29, 0.717) is 32.1 Å². The molecule has 0 amide bonds. The van der Waals surface area contributed by atoms with E-state index in [1.807, 2.05) is 5.10 Å². The summed E-state index contributed by atoms with van der Waals surface area (Å²) in [4.78, 5) is 2.20. The normalized spacial score (nSPS) is 18.1. The van der Waals surface area contributed by atoms with Crippen molar-refractivity contribution in [2.75, 3.05) is 26.2 Å². The molecule has 0 saturated carbocycles. The molecule has 0 unspecified atom stereocenters. The standard InChI is InChI=1S/C16H21F3N4O3S/c1-11(2)22-6-3-7-23(9-8-22)27(24,25)15-5-4-13(26-15)12-10-14(21-20-12)16(17,18)19/h4-5,10-11H,3,6-9H2,1-2H3,(H,20,21). The molecule has 7 nitrogen and oxygen atoms in total. The third-order valence-corrected chi connectivity index (χ3v) is 6.30. The summed E-state index contributed by atoms with van der Waals surface area (Å²) in [5.74, 6) is -0.0426. The zero-order valence-electron chi connectivity index (χ0n) is 15.0. The molecule has 2 aromatic rings. The Morgan fingerprint density at radius 3 is 2.56 bits per heavy atom. The van der Waals surface area contributed by atoms with E-state index in [1.165, 1.54) is 16.4 Å². The number of aromatic amines is 1. The van der Waals surface area contributed by atoms with Gasteiger partial charge in [0, 0.05) is 25.7 Å². The van der Waals surface area contributed by atoms with Crippen LogP contribution in [0, 0.1) is 0 Å². The quantitative estimate of drug-likeness (QED) is 0.844. The second-order valence-corrected chi connectivity index (χ2v) is 8.54. The van der Waals surface area contributed by atoms with Gasteiger partial charge in [0.25, 0.3) is 10.0 Å². The van der Waals surface area contributed by atoms with Crippen LogP contribution in [0.5, 0.6) is 0 Å². The van der Waals surface area contributed by atoms with Gasteiger partial charge in [0.2, 0.25) is 5.09 Å². The van der Waals surface area contributed by atoms with E-state index in [2.05, 4.69) is 23.8 Å². The Morgan fingerprint density at radius 1 is 1.19 bits per heavy atom. The van der Waals surface area contributed by atoms with Crippen molar-refractivity contribution in [3.63, 3.8) is 0 Å². The number of furan rings is 1. The Hall–Kier alpha value is -1.85. The van der Waals surface area contributed by atoms with Gasteiger partial charge in [-0.25, -0.2) is 8.42 Å². The van der Waals surface area contributed by atoms with Crippen molar-refractivity contribution in [1.29, 1.82) is 0 Å². The lowest BCUT2D eigenvalue weighted by Gasteiger charge is -2.24. The number of alkyl halides is 3. The topological polar surface area (TPSA) is 82.4 Å². The summed E-state index contributed by atoms with van der Waals surface area (Å²) in [6.45, 7) is 6.23. The molecule has 0 atom stereocenters. The van der Waals surface area contributed by atoms with Crippen molar-refractivity contribution in [3.8, 4) is 11.5 Å². The van der Waals surface area contributed by atoms with Crippen LogP contribution in [-0.2, 0) is 16.2 Å². The van der Waals surface area contributed by atoms with E-state index in [4.69, 9.17) is 4.42 Å². The molecule has 1 aliphatic rings. The van der Waals surface area contributed by atoms with Gasteiger partial charge in [0.05, 0.1) is 0 Å². The molecule has 1 N–H and O–H groups in total. The highest BCUT2D eigenvalue weighted by molar-refractivity contribution is 7.89. The maximum atomic E-state index is 12.8. The molecule has 0 aromatic carbocycles. The SMILES string of the molecule is CC(C)N1CCCN(S(=O)(=O)c2ccc(-c3cc(C(F)(F)F)[nH]n3)o2)CC1. The van der Waals surface area contributed by atoms with Crippen LogP contribution in [0.25, 0.3) is 11.5 Å². The Morgan fingerprint density at radius 2 is 1.93 bits per heavy atom. The van der Waals surface area contributed by atoms with E-state index in [1.54, 1.807) is 0 Å². The maximum absolute atomic E-state index is 12.8. The monoisotopic (exact) mass is 406 g/mol. The van der Waals surface area contributed by atoms with Gasteiger partial charge >= 0.3 is 6.18 Å². The molecule has 1 fully saturated rings. The summed E-state index contributed by atoms with van der Waals surface area (Å²) in [6.07, 6.45) is -3.87. The lowest BCUT2D eigenvalue weighted by molar-refractivity contribution is -0.141. The van der Waals surface area contributed by atoms with E-state index in [0.717, 1.165) is 12.6 Å². The Kier molecular flexibility index (Phi) is 5.37. The fourth-order valence-corrected chi connectivity index (χ4v) is 4.37. The molecule has 1 saturated heterocycles. The number of aromatic nitrogens is 2. The van der Waals surface area contributed by atoms with Gasteiger partial charge in [0.15, 0.2) is 5.76 Å². The van der Waals surface area contributed by atoms with Gasteiger partial charge in [-0.1, -0.05) is 0 Å². The van der Waals surface area contributed by atoms with Crippen LogP contribution >= 0.6 is 0 Å². The smallest absolute Gasteiger partial charge is 0.432 e. The maximum Gasteiger partial charge on any atom is 0.432 e. The number of halogens is 3. The van der Waals surface area contributed by atoms with Crippen LogP contribution in [0.1, 0.15) is 26.0 Å². The molecule has 0 radical (unpaired) electrons. The van der Waals surface area contributed by atoms with Crippen LogP contribution < -0.4 is 0 Å². The predicted molar refractivity (Wildman–Crippen MR) is 91.4 cm³/mol. The summed E-state index contributed by atoms with van der Waals surface area (Å²) in [5, 5.41) is 5.13. The fraction of sp³-hybridized carbons (Fsp3) is 0.562. The summed E-state index contributed by atoms with van der Waals surface area (Å²) < 4.78 is 70.4. The van der Waals surface area contributed by atoms with Gasteiger partial charge in [-0.15, -0.1) is 0 Å². The van der Waals surface area contributed by atoms with Crippen LogP contribution in [0.15, 0.2) is 27.7 Å². The highest BCUT2D eigenvalue weighted by atomic mass is 32.2. The number of sulfonamides is 1. The zero-order chi connectivity index (χ0) is 19.8. The van der Waals surface area contributed by atoms with Crippen molar-refractivity contribution in [3.05, 3.63) is 23.9 Å². The number of hydrogen-bond acceptors (Lipinski definition) is 5. The summed E-state index contributed by atoms with van der Waals surface area (Å²) in [7, 11) is -3.86. The number of rotatable bonds is 4. The summed E-state index contributed by atoms with van der Waals surface area (Å²) in [6, 6.07) is 3.66. The van der Waals surface area contributed by atoms with Crippen LogP contribution in [0.3, 0.4) is 0 Å². The number of hydrogen-bond donors (Lipinski definition) is 1. The first-order valence-corrected chi connectivity index (χ1v) is 10.00. The highest BCUT2D eigenvalue weighted by Gasteiger charge is 2.34. The van der Waals surface area contributed by atoms with Crippen LogP contribution in [0.2, 0.25) is 0 Å². The molecule has 1 aliphatic heterocycles. The van der Waals surface area contributed by atoms with Gasteiger partial charge in [0.1, 0.15) is 11.4 Å². The third kappa shape index (κ3) is 4.19. The van der Waals surface area contributed by atoms with Crippen molar-refractivity contribution in [2.24, 2.45) is 0 Å². The Balaban J connectivity index is 1.79. The van der Waals surface area contributed by atoms with Gasteiger partial charge < -0.3 is 4.42 Å². The van der Waals surface area contributed by atoms with Crippen molar-refractivity contribution in [1.82, 2.24) is 19.4 Å². The minimum absolute atomic E-state index is 0.0426. The third-order valence-electron chi connectivity index (χ3n) is 4.53. The Labute approximate surface area is 155 Å². The first kappa shape index (κ1) is 19.9. The molecule has 0 bridgehead atoms. The van der Waals surface area contributed by atoms with E-state index >= 15 is 0 Å². The first-order valence-electron chi connectivity index (χ1n) is 8.56. The van der Waals surface area contributed by atoms with E-state index in [-0.39, 0.29) is 16.5 Å². The largest absolute Gasteiger partial charge is 0.442 e. The molecule has 2 aromatic heterocycles. The summed E-state index contributed by atoms with van der Waals surface area (Å²) in [5.41, 5.74) is -1.13. The van der Waals surface area contributed by atoms with Gasteiger partial charge in [-0.3, -0.25) is 10.00 Å². The lowest BCUT2D eigenvalue weighted by atomic mass is 10.3. The first-order chi connectivity index (χ1) is 12.6. The second-order valence-electron chi connectivity index (χ2n) is 6.67. The molecule has 150 valence electrons. The average Bonchev–Trinajstić information content (AvgIpc) is 3.18. The number of nitrogens with zero attached hydrogens (tertiary/aromatic N) is 3. The van der Waals surface area contributed by atoms with Crippen LogP contribution in [-0.4, -0.2) is 60.0 Å². The van der Waals surface area contributed by atoms with E-state index in [9.17, 15) is 21.6 Å². The minimum atomic E-state index is -4.57. The number of nitrogens with one attached hydrogen (secondary N) is 1. The second kappa shape index (κ2) is 7.28. The minimum Gasteiger partial charge on any atom is -0.442 e. The molecule has 11 heteroatoms. The molecular formula is C16H21F3N4O3S. The van der Waals surface area contributed by atoms with Gasteiger partial charge in [-0.05, 0) is 45.0 Å². The molecule has 27 heavy (non-hydrogen) atoms. The van der Waals surface area contributed by atoms with Crippen molar-refractivity contribution in [2.45, 2.75) is 37.6 Å². The molecule has 3 rings (SSSR count). The zero-order valence-corrected chi connectivity index (χ0v) is 15.8. The Bertz CT molecular complexity index is 889. The molecule has 3 heterocycles. The van der Waals surface area contributed by atoms with Crippen molar-refractivity contribution >= 4 is 10.0 Å². The average molecular weight is 406 g/mol. The molecule has 0 aliphatic carbocycles. The number of H-pyrrole nitrogens is 1. The van der Waals surface area contributed by atoms with E-state index < -0.39 is 21.9 Å². The lowest BCUT2D eigenvalue weighted by Crippen LogP contribution is -2.37. The molecular weight excluding hydrogens is 385 g/mol. The predicted octanol–water partition coefficient (Wildman–Crippen LogP) is 2.79. The highest BCUT2D eigenvalue weighted by Crippen LogP contribution is 2.32. The van der Waals surface area contributed by atoms with Crippen molar-refractivity contribution < 1.29 is 26.0 Å². The van der Waals surface area contributed by atoms with Gasteiger partial charge in [-0.2, -0.15) is 22.6 Å². The fourth-order valence-electron chi connectivity index (χ4n) is 2.99. The van der Waals surface area contributed by atoms with Crippen LogP contribution in [0.4, 0.5) is 13.2 Å².